The van der Waals surface area contributed by atoms with E-state index in [4.69, 9.17) is 5.11 Å². The third-order valence-electron chi connectivity index (χ3n) is 2.38. The summed E-state index contributed by atoms with van der Waals surface area (Å²) in [5.74, 6) is -0.275. The van der Waals surface area contributed by atoms with Crippen molar-refractivity contribution < 1.29 is 9.90 Å². The Labute approximate surface area is 72.6 Å². The van der Waals surface area contributed by atoms with Gasteiger partial charge in [0.25, 0.3) is 0 Å². The molecule has 12 heavy (non-hydrogen) atoms. The molecule has 0 fully saturated rings. The molecule has 66 valence electrons. The zero-order valence-electron chi connectivity index (χ0n) is 7.34. The molecule has 0 amide bonds. The molecule has 1 N–H and O–H groups in total. The number of carboxylic acids is 1. The Kier molecular flexibility index (Phi) is 2.69. The zero-order chi connectivity index (χ0) is 9.14. The molecular weight excluding hydrogens is 154 g/mol. The lowest BCUT2D eigenvalue weighted by Gasteiger charge is -2.19. The van der Waals surface area contributed by atoms with E-state index in [1.807, 2.05) is 13.0 Å². The second-order valence-electron chi connectivity index (χ2n) is 3.35. The van der Waals surface area contributed by atoms with Crippen molar-refractivity contribution in [2.45, 2.75) is 26.2 Å². The molecule has 0 aromatic carbocycles. The Morgan fingerprint density at radius 2 is 2.50 bits per heavy atom. The summed E-state index contributed by atoms with van der Waals surface area (Å²) in [6.07, 6.45) is 4.29. The molecule has 0 radical (unpaired) electrons. The molecule has 2 nitrogen and oxygen atoms in total. The zero-order valence-corrected chi connectivity index (χ0v) is 7.34. The van der Waals surface area contributed by atoms with Gasteiger partial charge in [-0.2, -0.15) is 0 Å². The molecule has 0 saturated carbocycles. The summed E-state index contributed by atoms with van der Waals surface area (Å²) in [6, 6.07) is 0. The predicted molar refractivity (Wildman–Crippen MR) is 47.9 cm³/mol. The maximum atomic E-state index is 10.5. The van der Waals surface area contributed by atoms with Gasteiger partial charge in [-0.25, -0.2) is 4.79 Å². The topological polar surface area (TPSA) is 37.3 Å². The quantitative estimate of drug-likeness (QED) is 0.643. The fourth-order valence-corrected chi connectivity index (χ4v) is 1.48. The summed E-state index contributed by atoms with van der Waals surface area (Å²) in [4.78, 5) is 10.5. The third-order valence-corrected chi connectivity index (χ3v) is 2.38. The van der Waals surface area contributed by atoms with Gasteiger partial charge in [-0.05, 0) is 32.1 Å². The van der Waals surface area contributed by atoms with Crippen molar-refractivity contribution in [2.24, 2.45) is 5.92 Å². The van der Waals surface area contributed by atoms with Crippen LogP contribution in [0.2, 0.25) is 0 Å². The van der Waals surface area contributed by atoms with Gasteiger partial charge in [0.1, 0.15) is 0 Å². The van der Waals surface area contributed by atoms with Crippen LogP contribution < -0.4 is 0 Å². The Hall–Kier alpha value is -1.05. The van der Waals surface area contributed by atoms with Gasteiger partial charge in [0, 0.05) is 5.57 Å². The first-order valence-electron chi connectivity index (χ1n) is 4.19. The van der Waals surface area contributed by atoms with E-state index in [2.05, 4.69) is 6.58 Å². The highest BCUT2D eigenvalue weighted by molar-refractivity contribution is 5.86. The monoisotopic (exact) mass is 168 g/mol. The Morgan fingerprint density at radius 3 is 2.83 bits per heavy atom. The summed E-state index contributed by atoms with van der Waals surface area (Å²) in [5.41, 5.74) is 1.73. The first kappa shape index (κ1) is 9.04. The fraction of sp³-hybridized carbons (Fsp3) is 0.500. The molecule has 0 heterocycles. The summed E-state index contributed by atoms with van der Waals surface area (Å²) < 4.78 is 0. The summed E-state index contributed by atoms with van der Waals surface area (Å²) in [7, 11) is 0. The van der Waals surface area contributed by atoms with E-state index >= 15 is 0 Å². The molecular formula is C10H14O2. The number of hydrogen-bond acceptors (Lipinski definition) is 1. The van der Waals surface area contributed by atoms with E-state index in [-0.39, 0.29) is 0 Å². The Balaban J connectivity index is 2.59. The van der Waals surface area contributed by atoms with Crippen LogP contribution in [0.25, 0.3) is 0 Å². The molecule has 1 atom stereocenters. The van der Waals surface area contributed by atoms with Crippen molar-refractivity contribution in [3.8, 4) is 0 Å². The van der Waals surface area contributed by atoms with E-state index in [1.54, 1.807) is 0 Å². The summed E-state index contributed by atoms with van der Waals surface area (Å²) >= 11 is 0. The third kappa shape index (κ3) is 1.97. The van der Waals surface area contributed by atoms with Crippen molar-refractivity contribution in [3.63, 3.8) is 0 Å². The van der Waals surface area contributed by atoms with Crippen LogP contribution in [0.1, 0.15) is 26.2 Å². The minimum Gasteiger partial charge on any atom is -0.478 e. The fourth-order valence-electron chi connectivity index (χ4n) is 1.48. The molecule has 1 aliphatic rings. The van der Waals surface area contributed by atoms with Gasteiger partial charge < -0.3 is 5.11 Å². The molecule has 1 rings (SSSR count). The van der Waals surface area contributed by atoms with E-state index < -0.39 is 5.97 Å². The molecule has 0 spiro atoms. The molecule has 0 unspecified atom stereocenters. The predicted octanol–water partition coefficient (Wildman–Crippen LogP) is 2.37. The SMILES string of the molecule is C=C(C)[C@H]1CC=C([14C](=O)O)CC1. The summed E-state index contributed by atoms with van der Waals surface area (Å²) in [5, 5.41) is 8.67. The normalized spacial score (nSPS) is 23.1. The van der Waals surface area contributed by atoms with Crippen molar-refractivity contribution in [1.29, 1.82) is 0 Å². The van der Waals surface area contributed by atoms with Gasteiger partial charge in [-0.1, -0.05) is 18.2 Å². The van der Waals surface area contributed by atoms with Crippen LogP contribution in [0.4, 0.5) is 0 Å². The van der Waals surface area contributed by atoms with Crippen molar-refractivity contribution in [1.82, 2.24) is 0 Å². The van der Waals surface area contributed by atoms with Crippen LogP contribution in [0.3, 0.4) is 0 Å². The van der Waals surface area contributed by atoms with Crippen LogP contribution >= 0.6 is 0 Å². The second kappa shape index (κ2) is 3.57. The second-order valence-corrected chi connectivity index (χ2v) is 3.35. The lowest BCUT2D eigenvalue weighted by molar-refractivity contribution is -0.132. The van der Waals surface area contributed by atoms with Crippen molar-refractivity contribution in [2.75, 3.05) is 0 Å². The highest BCUT2D eigenvalue weighted by Crippen LogP contribution is 2.27. The van der Waals surface area contributed by atoms with Gasteiger partial charge in [-0.3, -0.25) is 0 Å². The van der Waals surface area contributed by atoms with Gasteiger partial charge >= 0.3 is 5.97 Å². The minimum absolute atomic E-state index is 0.494. The van der Waals surface area contributed by atoms with Gasteiger partial charge in [-0.15, -0.1) is 0 Å². The number of allylic oxidation sites excluding steroid dienone is 2. The van der Waals surface area contributed by atoms with Gasteiger partial charge in [0.05, 0.1) is 0 Å². The lowest BCUT2D eigenvalue weighted by atomic mass is 9.88. The van der Waals surface area contributed by atoms with E-state index in [1.165, 1.54) is 0 Å². The van der Waals surface area contributed by atoms with E-state index in [9.17, 15) is 4.79 Å². The maximum Gasteiger partial charge on any atom is 0.331 e. The number of carboxylic acid groups (broad SMARTS) is 1. The lowest BCUT2D eigenvalue weighted by Crippen LogP contribution is -2.11. The first-order chi connectivity index (χ1) is 5.61. The maximum absolute atomic E-state index is 10.5. The summed E-state index contributed by atoms with van der Waals surface area (Å²) in [6.45, 7) is 5.88. The van der Waals surface area contributed by atoms with E-state index in [0.29, 0.717) is 17.9 Å². The number of carbonyl (C=O) groups is 1. The van der Waals surface area contributed by atoms with Crippen LogP contribution in [0.5, 0.6) is 0 Å². The van der Waals surface area contributed by atoms with Crippen LogP contribution in [0, 0.1) is 5.92 Å². The number of rotatable bonds is 2. The van der Waals surface area contributed by atoms with Gasteiger partial charge in [0.2, 0.25) is 0 Å². The molecule has 2 heteroatoms. The highest BCUT2D eigenvalue weighted by atomic mass is 16.6. The van der Waals surface area contributed by atoms with Crippen LogP contribution in [-0.4, -0.2) is 11.1 Å². The van der Waals surface area contributed by atoms with E-state index in [0.717, 1.165) is 18.4 Å². The smallest absolute Gasteiger partial charge is 0.331 e. The number of aliphatic carboxylic acids is 1. The Morgan fingerprint density at radius 1 is 1.83 bits per heavy atom. The van der Waals surface area contributed by atoms with Crippen LogP contribution in [-0.2, 0) is 4.79 Å². The van der Waals surface area contributed by atoms with Crippen molar-refractivity contribution in [3.05, 3.63) is 23.8 Å². The minimum atomic E-state index is -0.768. The molecule has 0 aromatic rings. The highest BCUT2D eigenvalue weighted by Gasteiger charge is 2.17. The van der Waals surface area contributed by atoms with Gasteiger partial charge in [0.15, 0.2) is 0 Å². The average molecular weight is 168 g/mol. The average Bonchev–Trinajstić information content (AvgIpc) is 2.04. The molecule has 0 aliphatic heterocycles. The molecule has 0 aromatic heterocycles. The largest absolute Gasteiger partial charge is 0.478 e. The standard InChI is InChI=1S/C10H14O2/c1-7(2)8-3-5-9(6-4-8)10(11)12/h5,8H,1,3-4,6H2,2H3,(H,11,12)/t8-/m0/s1/i10+2. The molecule has 1 aliphatic carbocycles. The van der Waals surface area contributed by atoms with Crippen molar-refractivity contribution >= 4 is 5.97 Å². The van der Waals surface area contributed by atoms with Crippen LogP contribution in [0.15, 0.2) is 23.8 Å². The molecule has 0 saturated heterocycles. The molecule has 0 bridgehead atoms. The first-order valence-corrected chi connectivity index (χ1v) is 4.19. The number of hydrogen-bond donors (Lipinski definition) is 1. The Bertz CT molecular complexity index is 238.